The number of hydrogen-bond donors (Lipinski definition) is 3. The molecule has 0 unspecified atom stereocenters. The first-order valence-corrected chi connectivity index (χ1v) is 11.5. The highest BCUT2D eigenvalue weighted by Gasteiger charge is 2.63. The number of nitrogens with one attached hydrogen (secondary N) is 3. The number of halogens is 1. The first-order valence-electron chi connectivity index (χ1n) is 11.5. The number of hydrogen-bond acceptors (Lipinski definition) is 9. The summed E-state index contributed by atoms with van der Waals surface area (Å²) in [6.07, 6.45) is -2.05. The van der Waals surface area contributed by atoms with Gasteiger partial charge in [-0.1, -0.05) is 0 Å². The lowest BCUT2D eigenvalue weighted by Crippen LogP contribution is -2.75. The van der Waals surface area contributed by atoms with Gasteiger partial charge in [-0.15, -0.1) is 0 Å². The van der Waals surface area contributed by atoms with Crippen molar-refractivity contribution in [3.63, 3.8) is 0 Å². The highest BCUT2D eigenvalue weighted by molar-refractivity contribution is 6.20. The van der Waals surface area contributed by atoms with Crippen LogP contribution in [-0.4, -0.2) is 59.4 Å². The van der Waals surface area contributed by atoms with Gasteiger partial charge in [-0.05, 0) is 51.4 Å². The monoisotopic (exact) mass is 503 g/mol. The summed E-state index contributed by atoms with van der Waals surface area (Å²) in [6, 6.07) is -0.339. The number of ether oxygens (including phenoxy) is 2. The van der Waals surface area contributed by atoms with Gasteiger partial charge in [-0.3, -0.25) is 20.2 Å². The van der Waals surface area contributed by atoms with Crippen LogP contribution >= 0.6 is 0 Å². The van der Waals surface area contributed by atoms with Gasteiger partial charge in [-0.25, -0.2) is 14.0 Å². The number of carbonyl (C=O) groups excluding carboxylic acids is 4. The maximum atomic E-state index is 16.0. The summed E-state index contributed by atoms with van der Waals surface area (Å²) in [7, 11) is 0. The Labute approximate surface area is 204 Å². The lowest BCUT2D eigenvalue weighted by molar-refractivity contribution is -0.153. The number of urea groups is 1. The number of benzene rings is 1. The minimum atomic E-state index is -1.78. The van der Waals surface area contributed by atoms with Crippen molar-refractivity contribution >= 4 is 40.6 Å². The number of anilines is 1. The van der Waals surface area contributed by atoms with Gasteiger partial charge in [0.05, 0.1) is 29.3 Å². The summed E-state index contributed by atoms with van der Waals surface area (Å²) in [6.45, 7) is 8.94. The van der Waals surface area contributed by atoms with Gasteiger partial charge in [-0.2, -0.15) is 0 Å². The van der Waals surface area contributed by atoms with E-state index < -0.39 is 52.9 Å². The normalized spacial score (nSPS) is 25.2. The maximum Gasteiger partial charge on any atom is 0.414 e. The van der Waals surface area contributed by atoms with E-state index in [1.54, 1.807) is 39.5 Å². The molecule has 0 aliphatic carbocycles. The highest BCUT2D eigenvalue weighted by atomic mass is 19.1. The number of nitrogens with zero attached hydrogens (tertiary/aromatic N) is 2. The average Bonchev–Trinajstić information content (AvgIpc) is 3.12. The third-order valence-corrected chi connectivity index (χ3v) is 6.60. The van der Waals surface area contributed by atoms with Crippen LogP contribution in [0.5, 0.6) is 5.88 Å². The summed E-state index contributed by atoms with van der Waals surface area (Å²) < 4.78 is 32.4. The molecule has 3 aliphatic rings. The number of barbiturate groups is 1. The molecular weight excluding hydrogens is 477 g/mol. The molecular formula is C23H26FN5O7. The Morgan fingerprint density at radius 1 is 1.25 bits per heavy atom. The molecule has 1 spiro atoms. The average molecular weight is 503 g/mol. The fourth-order valence-corrected chi connectivity index (χ4v) is 5.42. The van der Waals surface area contributed by atoms with Crippen LogP contribution in [0.2, 0.25) is 0 Å². The SMILES string of the molecule is C[C@@H]1CN2c3c(cc4c(OC(=O)NC(C)(C)C)noc4c3F)CC3(C(=O)NC(=O)NC3=O)[C@H]2[C@H](C)O1. The Morgan fingerprint density at radius 3 is 2.56 bits per heavy atom. The van der Waals surface area contributed by atoms with Crippen LogP contribution in [0.15, 0.2) is 10.6 Å². The van der Waals surface area contributed by atoms with Gasteiger partial charge in [0.25, 0.3) is 5.88 Å². The number of fused-ring (bicyclic) bond motifs is 5. The molecule has 3 N–H and O–H groups in total. The second-order valence-corrected chi connectivity index (χ2v) is 10.5. The minimum Gasteiger partial charge on any atom is -0.387 e. The Morgan fingerprint density at radius 2 is 1.92 bits per heavy atom. The van der Waals surface area contributed by atoms with Gasteiger partial charge >= 0.3 is 12.1 Å². The Bertz CT molecular complexity index is 1300. The Hall–Kier alpha value is -3.74. The van der Waals surface area contributed by atoms with Crippen molar-refractivity contribution in [2.24, 2.45) is 5.41 Å². The molecule has 0 saturated carbocycles. The standard InChI is InChI=1S/C23H26FN5O7/c1-9-8-29-14-11(7-23(16(29)10(2)34-9)18(30)25-20(32)26-19(23)31)6-12-15(13(14)24)36-28-17(12)35-21(33)27-22(3,4)5/h6,9-10,16H,7-8H2,1-5H3,(H,27,33)(H2,25,26,30,31,32)/t9-,10+,16-/m1/s1. The molecule has 2 saturated heterocycles. The first kappa shape index (κ1) is 24.0. The van der Waals surface area contributed by atoms with E-state index in [1.165, 1.54) is 6.07 Å². The predicted molar refractivity (Wildman–Crippen MR) is 122 cm³/mol. The summed E-state index contributed by atoms with van der Waals surface area (Å²) >= 11 is 0. The summed E-state index contributed by atoms with van der Waals surface area (Å²) in [4.78, 5) is 52.3. The zero-order valence-corrected chi connectivity index (χ0v) is 20.4. The number of carbonyl (C=O) groups is 4. The predicted octanol–water partition coefficient (Wildman–Crippen LogP) is 1.74. The fraction of sp³-hybridized carbons (Fsp3) is 0.522. The van der Waals surface area contributed by atoms with Gasteiger partial charge in [0, 0.05) is 18.5 Å². The van der Waals surface area contributed by atoms with Gasteiger partial charge < -0.3 is 24.2 Å². The van der Waals surface area contributed by atoms with Crippen molar-refractivity contribution < 1.29 is 37.6 Å². The van der Waals surface area contributed by atoms with Gasteiger partial charge in [0.15, 0.2) is 11.2 Å². The number of rotatable bonds is 1. The van der Waals surface area contributed by atoms with Crippen LogP contribution in [0.3, 0.4) is 0 Å². The quantitative estimate of drug-likeness (QED) is 0.494. The van der Waals surface area contributed by atoms with Crippen molar-refractivity contribution in [3.05, 3.63) is 17.4 Å². The van der Waals surface area contributed by atoms with E-state index in [-0.39, 0.29) is 41.6 Å². The maximum absolute atomic E-state index is 16.0. The zero-order valence-electron chi connectivity index (χ0n) is 20.4. The van der Waals surface area contributed by atoms with E-state index in [0.29, 0.717) is 5.56 Å². The van der Waals surface area contributed by atoms with Crippen molar-refractivity contribution in [2.45, 2.75) is 64.8 Å². The largest absolute Gasteiger partial charge is 0.414 e. The second kappa shape index (κ2) is 7.88. The van der Waals surface area contributed by atoms with E-state index in [9.17, 15) is 19.2 Å². The topological polar surface area (TPSA) is 152 Å². The van der Waals surface area contributed by atoms with E-state index in [2.05, 4.69) is 21.1 Å². The molecule has 0 bridgehead atoms. The lowest BCUT2D eigenvalue weighted by Gasteiger charge is -2.55. The highest BCUT2D eigenvalue weighted by Crippen LogP contribution is 2.49. The lowest BCUT2D eigenvalue weighted by atomic mass is 9.66. The molecule has 1 aromatic carbocycles. The van der Waals surface area contributed by atoms with Crippen LogP contribution in [0.4, 0.5) is 19.7 Å². The van der Waals surface area contributed by atoms with Crippen LogP contribution in [0.1, 0.15) is 40.2 Å². The molecule has 3 aliphatic heterocycles. The third-order valence-electron chi connectivity index (χ3n) is 6.60. The van der Waals surface area contributed by atoms with Crippen LogP contribution < -0.4 is 25.6 Å². The third kappa shape index (κ3) is 3.56. The molecule has 2 aromatic rings. The van der Waals surface area contributed by atoms with Crippen molar-refractivity contribution in [1.29, 1.82) is 0 Å². The Balaban J connectivity index is 1.66. The van der Waals surface area contributed by atoms with Crippen molar-refractivity contribution in [3.8, 4) is 5.88 Å². The van der Waals surface area contributed by atoms with E-state index >= 15 is 4.39 Å². The molecule has 13 heteroatoms. The molecule has 3 atom stereocenters. The first-order chi connectivity index (χ1) is 16.8. The molecule has 1 aromatic heterocycles. The van der Waals surface area contributed by atoms with Crippen molar-refractivity contribution in [1.82, 2.24) is 21.1 Å². The molecule has 5 rings (SSSR count). The smallest absolute Gasteiger partial charge is 0.387 e. The molecule has 12 nitrogen and oxygen atoms in total. The fourth-order valence-electron chi connectivity index (χ4n) is 5.42. The van der Waals surface area contributed by atoms with Crippen LogP contribution in [0.25, 0.3) is 11.0 Å². The second-order valence-electron chi connectivity index (χ2n) is 10.5. The van der Waals surface area contributed by atoms with Crippen molar-refractivity contribution in [2.75, 3.05) is 11.4 Å². The molecule has 5 amide bonds. The summed E-state index contributed by atoms with van der Waals surface area (Å²) in [5.41, 5.74) is -2.17. The van der Waals surface area contributed by atoms with Crippen LogP contribution in [-0.2, 0) is 20.7 Å². The molecule has 36 heavy (non-hydrogen) atoms. The number of amides is 5. The molecule has 192 valence electrons. The van der Waals surface area contributed by atoms with E-state index in [0.717, 1.165) is 0 Å². The van der Waals surface area contributed by atoms with Gasteiger partial charge in [0.2, 0.25) is 17.4 Å². The van der Waals surface area contributed by atoms with Gasteiger partial charge in [0.1, 0.15) is 0 Å². The molecule has 4 heterocycles. The minimum absolute atomic E-state index is 0.0611. The zero-order chi connectivity index (χ0) is 26.2. The van der Waals surface area contributed by atoms with E-state index in [4.69, 9.17) is 14.0 Å². The number of aromatic nitrogens is 1. The number of morpholine rings is 1. The molecule has 0 radical (unpaired) electrons. The van der Waals surface area contributed by atoms with E-state index in [1.807, 2.05) is 0 Å². The summed E-state index contributed by atoms with van der Waals surface area (Å²) in [5, 5.41) is 10.8. The molecule has 2 fully saturated rings. The number of imide groups is 2. The Kier molecular flexibility index (Phi) is 5.25. The van der Waals surface area contributed by atoms with Crippen LogP contribution in [0, 0.1) is 11.2 Å². The summed E-state index contributed by atoms with van der Waals surface area (Å²) in [5.74, 6) is -2.63.